The Hall–Kier alpha value is 1.81. The maximum atomic E-state index is 8.64. The van der Waals surface area contributed by atoms with Crippen molar-refractivity contribution in [2.75, 3.05) is 0 Å². The van der Waals surface area contributed by atoms with Crippen molar-refractivity contribution in [3.63, 3.8) is 0 Å². The second-order valence-corrected chi connectivity index (χ2v) is 0.326. The Bertz CT molecular complexity index is 15.5. The normalized spacial score (nSPS) is 4.50. The fourth-order valence-corrected chi connectivity index (χ4v) is 0. The largest absolute Gasteiger partial charge is 2.00 e. The third kappa shape index (κ3) is 41.1. The van der Waals surface area contributed by atoms with Crippen LogP contribution in [0.2, 0.25) is 0 Å². The number of halogens is 1. The van der Waals surface area contributed by atoms with Gasteiger partial charge in [-0.1, -0.05) is 0 Å². The van der Waals surface area contributed by atoms with Crippen LogP contribution in [0.15, 0.2) is 0 Å². The van der Waals surface area contributed by atoms with E-state index in [-0.39, 0.29) is 61.3 Å². The monoisotopic (exact) mass is 234 g/mol. The summed E-state index contributed by atoms with van der Waals surface area (Å²) in [4.78, 5) is 0. The molecule has 0 heterocycles. The molecule has 0 atom stereocenters. The molecule has 3 nitrogen and oxygen atoms in total. The van der Waals surface area contributed by atoms with E-state index in [9.17, 15) is 0 Å². The van der Waals surface area contributed by atoms with Gasteiger partial charge >= 0.3 is 56.2 Å². The van der Waals surface area contributed by atoms with Gasteiger partial charge in [-0.15, -0.1) is 0 Å². The summed E-state index contributed by atoms with van der Waals surface area (Å²) >= 11 is 0. The SMILES string of the molecule is [Ba+2].[Cl-].[O-]B(O)O. The number of hydrogen-bond acceptors (Lipinski definition) is 3. The topological polar surface area (TPSA) is 63.5 Å². The van der Waals surface area contributed by atoms with Crippen LogP contribution < -0.4 is 17.4 Å². The standard InChI is InChI=1S/BH2O3.Ba.ClH/c2-1(3)4;;/h2-3H;;1H/q-1;+2;/p-1. The first-order valence-electron chi connectivity index (χ1n) is 0.752. The molecule has 0 aliphatic rings. The fraction of sp³-hybridized carbons (Fsp3) is 0. The molecule has 0 rings (SSSR count). The van der Waals surface area contributed by atoms with Gasteiger partial charge in [0.2, 0.25) is 0 Å². The third-order valence-electron chi connectivity index (χ3n) is 0. The zero-order valence-corrected chi connectivity index (χ0v) is 8.16. The molecule has 0 aromatic heterocycles. The van der Waals surface area contributed by atoms with Crippen molar-refractivity contribution in [2.24, 2.45) is 0 Å². The van der Waals surface area contributed by atoms with E-state index in [1.54, 1.807) is 0 Å². The van der Waals surface area contributed by atoms with Gasteiger partial charge in [0.25, 0.3) is 0 Å². The Balaban J connectivity index is -0.0000000450. The van der Waals surface area contributed by atoms with Gasteiger partial charge in [-0.3, -0.25) is 0 Å². The van der Waals surface area contributed by atoms with Crippen molar-refractivity contribution in [3.8, 4) is 0 Å². The zero-order valence-electron chi connectivity index (χ0n) is 2.97. The van der Waals surface area contributed by atoms with E-state index in [4.69, 9.17) is 15.1 Å². The summed E-state index contributed by atoms with van der Waals surface area (Å²) in [6.45, 7) is 0. The Morgan fingerprint density at radius 2 is 1.33 bits per heavy atom. The van der Waals surface area contributed by atoms with E-state index >= 15 is 0 Å². The van der Waals surface area contributed by atoms with Crippen molar-refractivity contribution in [2.45, 2.75) is 0 Å². The maximum absolute atomic E-state index is 8.64. The van der Waals surface area contributed by atoms with Gasteiger partial charge < -0.3 is 27.5 Å². The average molecular weight is 234 g/mol. The van der Waals surface area contributed by atoms with Gasteiger partial charge in [0.05, 0.1) is 0 Å². The van der Waals surface area contributed by atoms with E-state index in [0.29, 0.717) is 0 Å². The minimum atomic E-state index is -2.42. The van der Waals surface area contributed by atoms with Crippen molar-refractivity contribution < 1.29 is 27.5 Å². The first kappa shape index (κ1) is 15.7. The predicted molar refractivity (Wildman–Crippen MR) is 15.9 cm³/mol. The molecule has 0 aliphatic carbocycles. The van der Waals surface area contributed by atoms with E-state index < -0.39 is 7.32 Å². The van der Waals surface area contributed by atoms with Crippen molar-refractivity contribution in [1.82, 2.24) is 0 Å². The molecule has 6 heavy (non-hydrogen) atoms. The molecule has 32 valence electrons. The van der Waals surface area contributed by atoms with Crippen LogP contribution in [0.5, 0.6) is 0 Å². The van der Waals surface area contributed by atoms with Gasteiger partial charge in [-0.05, 0) is 0 Å². The molecule has 0 unspecified atom stereocenters. The molecule has 6 heteroatoms. The van der Waals surface area contributed by atoms with Gasteiger partial charge in [0.1, 0.15) is 0 Å². The number of rotatable bonds is 0. The molecule has 0 aliphatic heterocycles. The van der Waals surface area contributed by atoms with E-state index in [0.717, 1.165) is 0 Å². The molecule has 0 amide bonds. The minimum absolute atomic E-state index is 0. The summed E-state index contributed by atoms with van der Waals surface area (Å²) in [5, 5.41) is 22.8. The summed E-state index contributed by atoms with van der Waals surface area (Å²) in [5.41, 5.74) is 0. The summed E-state index contributed by atoms with van der Waals surface area (Å²) in [7, 11) is -2.42. The van der Waals surface area contributed by atoms with Crippen molar-refractivity contribution >= 4 is 56.2 Å². The van der Waals surface area contributed by atoms with Crippen LogP contribution in [0.25, 0.3) is 0 Å². The van der Waals surface area contributed by atoms with Gasteiger partial charge in [-0.25, -0.2) is 0 Å². The summed E-state index contributed by atoms with van der Waals surface area (Å²) in [5.74, 6) is 0. The smallest absolute Gasteiger partial charge is 1.00 e. The molecule has 2 N–H and O–H groups in total. The zero-order chi connectivity index (χ0) is 3.58. The Morgan fingerprint density at radius 3 is 1.33 bits per heavy atom. The van der Waals surface area contributed by atoms with Gasteiger partial charge in [0.15, 0.2) is 0 Å². The Morgan fingerprint density at radius 1 is 1.33 bits per heavy atom. The van der Waals surface area contributed by atoms with Crippen LogP contribution in [-0.2, 0) is 0 Å². The fourth-order valence-electron chi connectivity index (χ4n) is 0. The molecule has 0 aromatic rings. The molecular weight excluding hydrogens is 232 g/mol. The second kappa shape index (κ2) is 9.93. The van der Waals surface area contributed by atoms with Crippen molar-refractivity contribution in [3.05, 3.63) is 0 Å². The molecule has 0 radical (unpaired) electrons. The Labute approximate surface area is 82.4 Å². The van der Waals surface area contributed by atoms with Crippen LogP contribution in [0, 0.1) is 0 Å². The molecule has 0 aromatic carbocycles. The molecular formula is H2BBaClO3. The van der Waals surface area contributed by atoms with Gasteiger partial charge in [-0.2, -0.15) is 0 Å². The minimum Gasteiger partial charge on any atom is -1.00 e. The summed E-state index contributed by atoms with van der Waals surface area (Å²) in [6, 6.07) is 0. The van der Waals surface area contributed by atoms with Crippen LogP contribution in [-0.4, -0.2) is 66.3 Å². The first-order valence-corrected chi connectivity index (χ1v) is 0.752. The molecule has 0 fully saturated rings. The van der Waals surface area contributed by atoms with Crippen molar-refractivity contribution in [1.29, 1.82) is 0 Å². The third-order valence-corrected chi connectivity index (χ3v) is 0. The molecule has 0 spiro atoms. The molecule has 0 saturated heterocycles. The maximum Gasteiger partial charge on any atom is 2.00 e. The number of hydrogen-bond donors (Lipinski definition) is 2. The van der Waals surface area contributed by atoms with Crippen LogP contribution >= 0.6 is 0 Å². The Kier molecular flexibility index (Phi) is 25.9. The van der Waals surface area contributed by atoms with E-state index in [1.165, 1.54) is 0 Å². The first-order chi connectivity index (χ1) is 1.73. The average Bonchev–Trinajstić information content (AvgIpc) is 0.811. The van der Waals surface area contributed by atoms with E-state index in [2.05, 4.69) is 0 Å². The summed E-state index contributed by atoms with van der Waals surface area (Å²) in [6.07, 6.45) is 0. The predicted octanol–water partition coefficient (Wildman–Crippen LogP) is -6.06. The second-order valence-electron chi connectivity index (χ2n) is 0.326. The quantitative estimate of drug-likeness (QED) is 0.410. The van der Waals surface area contributed by atoms with Crippen LogP contribution in [0.3, 0.4) is 0 Å². The van der Waals surface area contributed by atoms with E-state index in [1.807, 2.05) is 0 Å². The molecule has 0 saturated carbocycles. The molecule has 0 bridgehead atoms. The van der Waals surface area contributed by atoms with Crippen LogP contribution in [0.4, 0.5) is 0 Å². The van der Waals surface area contributed by atoms with Gasteiger partial charge in [0, 0.05) is 0 Å². The van der Waals surface area contributed by atoms with Crippen LogP contribution in [0.1, 0.15) is 0 Å². The summed E-state index contributed by atoms with van der Waals surface area (Å²) < 4.78 is 0.